The molecule has 132 valence electrons. The van der Waals surface area contributed by atoms with Crippen molar-refractivity contribution in [3.8, 4) is 0 Å². The predicted molar refractivity (Wildman–Crippen MR) is 93.5 cm³/mol. The molecule has 0 N–H and O–H groups in total. The van der Waals surface area contributed by atoms with Crippen LogP contribution in [0.1, 0.15) is 28.4 Å². The highest BCUT2D eigenvalue weighted by molar-refractivity contribution is 5.94. The Morgan fingerprint density at radius 2 is 1.84 bits per heavy atom. The Balaban J connectivity index is 2.27. The number of aryl methyl sites for hydroxylation is 1. The van der Waals surface area contributed by atoms with E-state index in [0.717, 1.165) is 5.56 Å². The fourth-order valence-corrected chi connectivity index (χ4v) is 2.59. The summed E-state index contributed by atoms with van der Waals surface area (Å²) < 4.78 is 18.2. The summed E-state index contributed by atoms with van der Waals surface area (Å²) in [6, 6.07) is 13.8. The molecule has 25 heavy (non-hydrogen) atoms. The molecule has 2 rings (SSSR count). The van der Waals surface area contributed by atoms with Crippen molar-refractivity contribution in [3.05, 3.63) is 71.0 Å². The number of ether oxygens (including phenoxy) is 1. The Hall–Kier alpha value is -2.69. The number of carbonyl (C=O) groups excluding carboxylic acids is 2. The summed E-state index contributed by atoms with van der Waals surface area (Å²) in [4.78, 5) is 26.2. The first-order valence-corrected chi connectivity index (χ1v) is 8.09. The van der Waals surface area contributed by atoms with Gasteiger partial charge < -0.3 is 9.64 Å². The first kappa shape index (κ1) is 18.6. The van der Waals surface area contributed by atoms with Crippen LogP contribution >= 0.6 is 0 Å². The fraction of sp³-hybridized carbons (Fsp3) is 0.300. The molecule has 0 saturated carbocycles. The molecule has 2 aromatic carbocycles. The van der Waals surface area contributed by atoms with Crippen molar-refractivity contribution in [2.24, 2.45) is 5.92 Å². The van der Waals surface area contributed by atoms with Crippen LogP contribution in [-0.4, -0.2) is 30.4 Å². The van der Waals surface area contributed by atoms with Crippen molar-refractivity contribution >= 4 is 11.9 Å². The van der Waals surface area contributed by atoms with Crippen molar-refractivity contribution in [1.29, 1.82) is 0 Å². The number of amides is 1. The molecule has 0 aromatic heterocycles. The van der Waals surface area contributed by atoms with Crippen molar-refractivity contribution in [2.45, 2.75) is 20.4 Å². The highest BCUT2D eigenvalue weighted by Crippen LogP contribution is 2.16. The molecule has 0 radical (unpaired) electrons. The molecule has 0 saturated heterocycles. The van der Waals surface area contributed by atoms with Crippen LogP contribution in [0.15, 0.2) is 48.5 Å². The Labute approximate surface area is 147 Å². The lowest BCUT2D eigenvalue weighted by Gasteiger charge is -2.25. The van der Waals surface area contributed by atoms with Gasteiger partial charge in [-0.2, -0.15) is 0 Å². The topological polar surface area (TPSA) is 46.6 Å². The lowest BCUT2D eigenvalue weighted by Crippen LogP contribution is -2.37. The Kier molecular flexibility index (Phi) is 6.28. The van der Waals surface area contributed by atoms with Gasteiger partial charge in [0.1, 0.15) is 5.82 Å². The number of halogens is 1. The molecule has 0 heterocycles. The number of nitrogens with zero attached hydrogens (tertiary/aromatic N) is 1. The van der Waals surface area contributed by atoms with Gasteiger partial charge in [-0.3, -0.25) is 9.59 Å². The van der Waals surface area contributed by atoms with E-state index in [1.807, 2.05) is 30.3 Å². The zero-order valence-corrected chi connectivity index (χ0v) is 14.7. The van der Waals surface area contributed by atoms with Gasteiger partial charge in [0.2, 0.25) is 0 Å². The lowest BCUT2D eigenvalue weighted by atomic mass is 10.1. The second-order valence-corrected chi connectivity index (χ2v) is 6.06. The van der Waals surface area contributed by atoms with E-state index < -0.39 is 5.92 Å². The highest BCUT2D eigenvalue weighted by atomic mass is 19.1. The van der Waals surface area contributed by atoms with Crippen molar-refractivity contribution < 1.29 is 18.7 Å². The minimum absolute atomic E-state index is 0.219. The number of hydrogen-bond donors (Lipinski definition) is 0. The van der Waals surface area contributed by atoms with Crippen LogP contribution in [0.4, 0.5) is 4.39 Å². The van der Waals surface area contributed by atoms with E-state index in [1.54, 1.807) is 18.7 Å². The van der Waals surface area contributed by atoms with Crippen LogP contribution in [0.5, 0.6) is 0 Å². The van der Waals surface area contributed by atoms with Gasteiger partial charge in [-0.05, 0) is 36.2 Å². The predicted octanol–water partition coefficient (Wildman–Crippen LogP) is 3.59. The van der Waals surface area contributed by atoms with E-state index in [-0.39, 0.29) is 24.2 Å². The van der Waals surface area contributed by atoms with Crippen LogP contribution in [0.3, 0.4) is 0 Å². The van der Waals surface area contributed by atoms with E-state index >= 15 is 0 Å². The van der Waals surface area contributed by atoms with Gasteiger partial charge in [-0.25, -0.2) is 4.39 Å². The second-order valence-electron chi connectivity index (χ2n) is 6.06. The molecule has 0 aliphatic carbocycles. The van der Waals surface area contributed by atoms with Crippen molar-refractivity contribution in [2.75, 3.05) is 13.7 Å². The third kappa shape index (κ3) is 4.89. The van der Waals surface area contributed by atoms with Crippen LogP contribution in [-0.2, 0) is 16.1 Å². The number of hydrogen-bond acceptors (Lipinski definition) is 3. The summed E-state index contributed by atoms with van der Waals surface area (Å²) in [5.41, 5.74) is 1.75. The molecule has 0 fully saturated rings. The van der Waals surface area contributed by atoms with Crippen LogP contribution < -0.4 is 0 Å². The molecule has 1 amide bonds. The number of rotatable bonds is 6. The molecule has 0 aliphatic rings. The van der Waals surface area contributed by atoms with Gasteiger partial charge in [0.15, 0.2) is 0 Å². The molecular weight excluding hydrogens is 321 g/mol. The normalized spacial score (nSPS) is 11.7. The Bertz CT molecular complexity index is 746. The monoisotopic (exact) mass is 343 g/mol. The summed E-state index contributed by atoms with van der Waals surface area (Å²) in [5, 5.41) is 0. The zero-order valence-electron chi connectivity index (χ0n) is 14.7. The van der Waals surface area contributed by atoms with E-state index in [2.05, 4.69) is 0 Å². The summed E-state index contributed by atoms with van der Waals surface area (Å²) in [6.45, 7) is 3.91. The summed E-state index contributed by atoms with van der Waals surface area (Å²) in [7, 11) is 1.32. The molecule has 1 atom stereocenters. The van der Waals surface area contributed by atoms with Crippen LogP contribution in [0.25, 0.3) is 0 Å². The average molecular weight is 343 g/mol. The standard InChI is InChI=1S/C20H22FNO3/c1-14-11-17(9-10-18(14)21)19(23)22(12-15(2)20(24)25-3)13-16-7-5-4-6-8-16/h4-11,15H,12-13H2,1-3H3. The third-order valence-corrected chi connectivity index (χ3v) is 4.01. The molecule has 4 nitrogen and oxygen atoms in total. The number of esters is 1. The van der Waals surface area contributed by atoms with Crippen LogP contribution in [0.2, 0.25) is 0 Å². The van der Waals surface area contributed by atoms with Gasteiger partial charge in [0.25, 0.3) is 5.91 Å². The van der Waals surface area contributed by atoms with Gasteiger partial charge in [0.05, 0.1) is 13.0 Å². The van der Waals surface area contributed by atoms with E-state index in [4.69, 9.17) is 4.74 Å². The molecular formula is C20H22FNO3. The van der Waals surface area contributed by atoms with E-state index in [0.29, 0.717) is 17.7 Å². The largest absolute Gasteiger partial charge is 0.469 e. The van der Waals surface area contributed by atoms with Gasteiger partial charge in [-0.1, -0.05) is 37.3 Å². The first-order chi connectivity index (χ1) is 11.9. The minimum atomic E-state index is -0.459. The Morgan fingerprint density at radius 3 is 2.44 bits per heavy atom. The van der Waals surface area contributed by atoms with Crippen LogP contribution in [0, 0.1) is 18.7 Å². The van der Waals surface area contributed by atoms with Gasteiger partial charge >= 0.3 is 5.97 Å². The number of methoxy groups -OCH3 is 1. The molecule has 0 spiro atoms. The summed E-state index contributed by atoms with van der Waals surface area (Å²) in [5.74, 6) is -1.43. The molecule has 1 unspecified atom stereocenters. The fourth-order valence-electron chi connectivity index (χ4n) is 2.59. The molecule has 5 heteroatoms. The lowest BCUT2D eigenvalue weighted by molar-refractivity contribution is -0.145. The summed E-state index contributed by atoms with van der Waals surface area (Å²) in [6.07, 6.45) is 0. The maximum atomic E-state index is 13.5. The zero-order chi connectivity index (χ0) is 18.4. The first-order valence-electron chi connectivity index (χ1n) is 8.09. The quantitative estimate of drug-likeness (QED) is 0.753. The van der Waals surface area contributed by atoms with E-state index in [1.165, 1.54) is 25.3 Å². The van der Waals surface area contributed by atoms with E-state index in [9.17, 15) is 14.0 Å². The second kappa shape index (κ2) is 8.42. The average Bonchev–Trinajstić information content (AvgIpc) is 2.62. The molecule has 2 aromatic rings. The molecule has 0 aliphatic heterocycles. The molecule has 0 bridgehead atoms. The number of benzene rings is 2. The minimum Gasteiger partial charge on any atom is -0.469 e. The third-order valence-electron chi connectivity index (χ3n) is 4.01. The Morgan fingerprint density at radius 1 is 1.16 bits per heavy atom. The highest BCUT2D eigenvalue weighted by Gasteiger charge is 2.23. The summed E-state index contributed by atoms with van der Waals surface area (Å²) >= 11 is 0. The maximum absolute atomic E-state index is 13.5. The van der Waals surface area contributed by atoms with Crippen molar-refractivity contribution in [3.63, 3.8) is 0 Å². The SMILES string of the molecule is COC(=O)C(C)CN(Cc1ccccc1)C(=O)c1ccc(F)c(C)c1. The van der Waals surface area contributed by atoms with Crippen molar-refractivity contribution in [1.82, 2.24) is 4.90 Å². The smallest absolute Gasteiger partial charge is 0.310 e. The number of carbonyl (C=O) groups is 2. The maximum Gasteiger partial charge on any atom is 0.310 e. The van der Waals surface area contributed by atoms with Gasteiger partial charge in [0, 0.05) is 18.7 Å². The van der Waals surface area contributed by atoms with Gasteiger partial charge in [-0.15, -0.1) is 0 Å².